The Kier molecular flexibility index (Phi) is 7.13. The molecule has 0 radical (unpaired) electrons. The molecule has 0 saturated carbocycles. The highest BCUT2D eigenvalue weighted by molar-refractivity contribution is 5.78. The fraction of sp³-hybridized carbons (Fsp3) is 0.609. The first kappa shape index (κ1) is 22.3. The van der Waals surface area contributed by atoms with Gasteiger partial charge in [0.1, 0.15) is 5.82 Å². The van der Waals surface area contributed by atoms with Crippen molar-refractivity contribution in [3.8, 4) is 5.88 Å². The molecule has 164 valence electrons. The molecule has 2 N–H and O–H groups in total. The molecular formula is C23H35N5O2. The topological polar surface area (TPSA) is 83.1 Å². The van der Waals surface area contributed by atoms with Crippen LogP contribution in [0.2, 0.25) is 0 Å². The number of amides is 1. The Morgan fingerprint density at radius 3 is 2.77 bits per heavy atom. The van der Waals surface area contributed by atoms with Gasteiger partial charge in [-0.15, -0.1) is 0 Å². The standard InChI is InChI=1S/C23H35N5O2/c1-14(2)18-10-16(15(3)9-17(18)12-24-21(29)13-28(4)5)11-20-25-19-7-8-22(30-6)27-23(19)26-20/h7-9,14,16-18H,10-13H2,1-6H3,(H,24,29)(H,25,26,27). The van der Waals surface area contributed by atoms with E-state index in [4.69, 9.17) is 9.72 Å². The van der Waals surface area contributed by atoms with Crippen LogP contribution in [0.15, 0.2) is 23.8 Å². The molecule has 3 rings (SSSR count). The number of carbonyl (C=O) groups excluding carboxylic acids is 1. The van der Waals surface area contributed by atoms with Crippen molar-refractivity contribution in [3.05, 3.63) is 29.6 Å². The number of nitrogens with zero attached hydrogens (tertiary/aromatic N) is 3. The van der Waals surface area contributed by atoms with Crippen LogP contribution in [-0.4, -0.2) is 60.1 Å². The second kappa shape index (κ2) is 9.60. The minimum Gasteiger partial charge on any atom is -0.481 e. The van der Waals surface area contributed by atoms with E-state index < -0.39 is 0 Å². The number of hydrogen-bond donors (Lipinski definition) is 2. The highest BCUT2D eigenvalue weighted by Crippen LogP contribution is 2.38. The molecule has 3 unspecified atom stereocenters. The molecule has 2 aromatic heterocycles. The average Bonchev–Trinajstić information content (AvgIpc) is 3.08. The lowest BCUT2D eigenvalue weighted by molar-refractivity contribution is -0.121. The first-order valence-corrected chi connectivity index (χ1v) is 10.8. The summed E-state index contributed by atoms with van der Waals surface area (Å²) in [5.41, 5.74) is 3.01. The Morgan fingerprint density at radius 1 is 1.33 bits per heavy atom. The Balaban J connectivity index is 1.71. The fourth-order valence-electron chi connectivity index (χ4n) is 4.45. The zero-order chi connectivity index (χ0) is 21.8. The summed E-state index contributed by atoms with van der Waals surface area (Å²) in [7, 11) is 5.44. The average molecular weight is 414 g/mol. The van der Waals surface area contributed by atoms with Crippen molar-refractivity contribution in [3.63, 3.8) is 0 Å². The number of pyridine rings is 1. The summed E-state index contributed by atoms with van der Waals surface area (Å²) in [6.07, 6.45) is 4.34. The van der Waals surface area contributed by atoms with Gasteiger partial charge in [-0.1, -0.05) is 25.5 Å². The SMILES string of the molecule is COc1ccc2[nH]c(CC3CC(C(C)C)C(CNC(=O)CN(C)C)C=C3C)nc2n1. The zero-order valence-electron chi connectivity index (χ0n) is 19.0. The number of methoxy groups -OCH3 is 1. The van der Waals surface area contributed by atoms with E-state index >= 15 is 0 Å². The van der Waals surface area contributed by atoms with E-state index in [0.717, 1.165) is 24.2 Å². The lowest BCUT2D eigenvalue weighted by Gasteiger charge is -2.37. The minimum atomic E-state index is 0.0842. The second-order valence-corrected chi connectivity index (χ2v) is 9.07. The number of aromatic nitrogens is 3. The van der Waals surface area contributed by atoms with Crippen LogP contribution in [0.25, 0.3) is 11.2 Å². The number of allylic oxidation sites excluding steroid dienone is 1. The van der Waals surface area contributed by atoms with Gasteiger partial charge in [-0.3, -0.25) is 4.79 Å². The van der Waals surface area contributed by atoms with Gasteiger partial charge >= 0.3 is 0 Å². The summed E-state index contributed by atoms with van der Waals surface area (Å²) in [6, 6.07) is 3.81. The van der Waals surface area contributed by atoms with Crippen LogP contribution in [0.3, 0.4) is 0 Å². The predicted octanol–water partition coefficient (Wildman–Crippen LogP) is 3.04. The van der Waals surface area contributed by atoms with Gasteiger partial charge in [0, 0.05) is 19.0 Å². The summed E-state index contributed by atoms with van der Waals surface area (Å²) in [6.45, 7) is 7.90. The molecule has 0 spiro atoms. The van der Waals surface area contributed by atoms with Crippen molar-refractivity contribution in [1.82, 2.24) is 25.2 Å². The molecule has 0 bridgehead atoms. The van der Waals surface area contributed by atoms with Crippen molar-refractivity contribution >= 4 is 17.1 Å². The maximum absolute atomic E-state index is 12.1. The van der Waals surface area contributed by atoms with Crippen molar-refractivity contribution in [2.75, 3.05) is 34.3 Å². The first-order valence-electron chi connectivity index (χ1n) is 10.8. The number of imidazole rings is 1. The Bertz CT molecular complexity index is 902. The summed E-state index contributed by atoms with van der Waals surface area (Å²) in [4.78, 5) is 26.5. The maximum Gasteiger partial charge on any atom is 0.234 e. The number of H-pyrrole nitrogens is 1. The smallest absolute Gasteiger partial charge is 0.234 e. The largest absolute Gasteiger partial charge is 0.481 e. The lowest BCUT2D eigenvalue weighted by atomic mass is 9.70. The third-order valence-corrected chi connectivity index (χ3v) is 6.10. The molecule has 30 heavy (non-hydrogen) atoms. The quantitative estimate of drug-likeness (QED) is 0.650. The van der Waals surface area contributed by atoms with Crippen molar-refractivity contribution in [2.45, 2.75) is 33.6 Å². The molecule has 2 aromatic rings. The molecule has 0 aliphatic heterocycles. The van der Waals surface area contributed by atoms with E-state index in [-0.39, 0.29) is 5.91 Å². The van der Waals surface area contributed by atoms with Gasteiger partial charge in [-0.25, -0.2) is 4.98 Å². The minimum absolute atomic E-state index is 0.0842. The van der Waals surface area contributed by atoms with Gasteiger partial charge in [0.05, 0.1) is 19.2 Å². The Labute approximate surface area is 179 Å². The van der Waals surface area contributed by atoms with Crippen LogP contribution in [-0.2, 0) is 11.2 Å². The van der Waals surface area contributed by atoms with Crippen LogP contribution < -0.4 is 10.1 Å². The first-order chi connectivity index (χ1) is 14.3. The number of fused-ring (bicyclic) bond motifs is 1. The molecule has 2 heterocycles. The van der Waals surface area contributed by atoms with E-state index in [0.29, 0.717) is 48.3 Å². The predicted molar refractivity (Wildman–Crippen MR) is 119 cm³/mol. The zero-order valence-corrected chi connectivity index (χ0v) is 19.0. The second-order valence-electron chi connectivity index (χ2n) is 9.07. The summed E-state index contributed by atoms with van der Waals surface area (Å²) < 4.78 is 5.20. The highest BCUT2D eigenvalue weighted by atomic mass is 16.5. The normalized spacial score (nSPS) is 21.9. The van der Waals surface area contributed by atoms with Crippen LogP contribution in [0.4, 0.5) is 0 Å². The molecule has 0 aromatic carbocycles. The number of likely N-dealkylation sites (N-methyl/N-ethyl adjacent to an activating group) is 1. The van der Waals surface area contributed by atoms with Crippen molar-refractivity contribution < 1.29 is 9.53 Å². The molecule has 7 nitrogen and oxygen atoms in total. The van der Waals surface area contributed by atoms with E-state index in [1.807, 2.05) is 31.1 Å². The van der Waals surface area contributed by atoms with E-state index in [1.54, 1.807) is 7.11 Å². The number of ether oxygens (including phenoxy) is 1. The van der Waals surface area contributed by atoms with Crippen LogP contribution in [0.1, 0.15) is 33.0 Å². The number of hydrogen-bond acceptors (Lipinski definition) is 5. The van der Waals surface area contributed by atoms with Crippen LogP contribution in [0, 0.1) is 23.7 Å². The molecule has 1 amide bonds. The van der Waals surface area contributed by atoms with Crippen molar-refractivity contribution in [1.29, 1.82) is 0 Å². The molecule has 1 aliphatic rings. The van der Waals surface area contributed by atoms with Crippen molar-refractivity contribution in [2.24, 2.45) is 23.7 Å². The molecule has 0 fully saturated rings. The van der Waals surface area contributed by atoms with Gasteiger partial charge in [0.2, 0.25) is 11.8 Å². The maximum atomic E-state index is 12.1. The summed E-state index contributed by atoms with van der Waals surface area (Å²) in [5.74, 6) is 3.51. The molecule has 1 aliphatic carbocycles. The van der Waals surface area contributed by atoms with Gasteiger partial charge < -0.3 is 19.9 Å². The van der Waals surface area contributed by atoms with E-state index in [1.165, 1.54) is 5.57 Å². The summed E-state index contributed by atoms with van der Waals surface area (Å²) >= 11 is 0. The number of carbonyl (C=O) groups is 1. The highest BCUT2D eigenvalue weighted by Gasteiger charge is 2.32. The van der Waals surface area contributed by atoms with Crippen LogP contribution in [0.5, 0.6) is 5.88 Å². The van der Waals surface area contributed by atoms with Gasteiger partial charge in [0.15, 0.2) is 5.65 Å². The fourth-order valence-corrected chi connectivity index (χ4v) is 4.45. The molecular weight excluding hydrogens is 378 g/mol. The molecule has 0 saturated heterocycles. The third kappa shape index (κ3) is 5.39. The molecule has 7 heteroatoms. The molecule has 3 atom stereocenters. The number of rotatable bonds is 8. The van der Waals surface area contributed by atoms with Crippen LogP contribution >= 0.6 is 0 Å². The number of aromatic amines is 1. The Hall–Kier alpha value is -2.41. The summed E-state index contributed by atoms with van der Waals surface area (Å²) in [5, 5.41) is 3.12. The van der Waals surface area contributed by atoms with E-state index in [2.05, 4.69) is 42.1 Å². The lowest BCUT2D eigenvalue weighted by Crippen LogP contribution is -2.40. The van der Waals surface area contributed by atoms with Gasteiger partial charge in [0.25, 0.3) is 0 Å². The monoisotopic (exact) mass is 413 g/mol. The Morgan fingerprint density at radius 2 is 2.10 bits per heavy atom. The number of nitrogens with one attached hydrogen (secondary N) is 2. The van der Waals surface area contributed by atoms with Gasteiger partial charge in [-0.05, 0) is 57.2 Å². The van der Waals surface area contributed by atoms with Gasteiger partial charge in [-0.2, -0.15) is 4.98 Å². The third-order valence-electron chi connectivity index (χ3n) is 6.10. The van der Waals surface area contributed by atoms with E-state index in [9.17, 15) is 4.79 Å².